The molecule has 0 aliphatic heterocycles. The maximum atomic E-state index is 5.55. The molecule has 98 valence electrons. The van der Waals surface area contributed by atoms with E-state index >= 15 is 0 Å². The third-order valence-electron chi connectivity index (χ3n) is 2.52. The number of hydrogen-bond acceptors (Lipinski definition) is 1. The maximum absolute atomic E-state index is 5.55. The quantitative estimate of drug-likeness (QED) is 0.505. The second kappa shape index (κ2) is 6.45. The van der Waals surface area contributed by atoms with Crippen molar-refractivity contribution in [2.75, 3.05) is 7.11 Å². The molecule has 0 saturated carbocycles. The van der Waals surface area contributed by atoms with E-state index in [1.807, 2.05) is 0 Å². The van der Waals surface area contributed by atoms with Crippen LogP contribution in [0, 0.1) is 23.7 Å². The standard InChI is InChI=1S/C12H12BrO.3CH3.Sn/c1-5-11(14-4)10-7-8(2)6-9(3)12(10)13;;;;/h6-7,11H,2-4H3;3*1H3;. The Kier molecular flexibility index (Phi) is 5.76. The topological polar surface area (TPSA) is 9.23 Å². The zero-order valence-corrected chi connectivity index (χ0v) is 16.5. The van der Waals surface area contributed by atoms with Crippen molar-refractivity contribution in [3.05, 3.63) is 33.3 Å². The van der Waals surface area contributed by atoms with Crippen molar-refractivity contribution in [1.29, 1.82) is 0 Å². The number of ether oxygens (including phenoxy) is 1. The SMILES string of the molecule is COC(C#[C][Sn]([CH3])([CH3])[CH3])c1cc(C)cc(C)c1Br. The van der Waals surface area contributed by atoms with Crippen molar-refractivity contribution in [2.45, 2.75) is 34.8 Å². The summed E-state index contributed by atoms with van der Waals surface area (Å²) in [4.78, 5) is 6.93. The van der Waals surface area contributed by atoms with Crippen LogP contribution in [0.25, 0.3) is 0 Å². The number of rotatable bonds is 2. The van der Waals surface area contributed by atoms with Gasteiger partial charge in [0.05, 0.1) is 0 Å². The first kappa shape index (κ1) is 16.1. The van der Waals surface area contributed by atoms with Crippen LogP contribution >= 0.6 is 15.9 Å². The first-order chi connectivity index (χ1) is 8.24. The number of hydrogen-bond donors (Lipinski definition) is 0. The van der Waals surface area contributed by atoms with E-state index < -0.39 is 18.4 Å². The van der Waals surface area contributed by atoms with Crippen LogP contribution in [-0.2, 0) is 4.74 Å². The Balaban J connectivity index is 3.20. The van der Waals surface area contributed by atoms with Gasteiger partial charge in [-0.1, -0.05) is 0 Å². The van der Waals surface area contributed by atoms with Gasteiger partial charge in [0.1, 0.15) is 0 Å². The Morgan fingerprint density at radius 2 is 1.83 bits per heavy atom. The molecule has 0 radical (unpaired) electrons. The Morgan fingerprint density at radius 3 is 2.33 bits per heavy atom. The van der Waals surface area contributed by atoms with Gasteiger partial charge in [0.2, 0.25) is 0 Å². The Hall–Kier alpha value is 0.0187. The van der Waals surface area contributed by atoms with E-state index in [9.17, 15) is 0 Å². The second-order valence-electron chi connectivity index (χ2n) is 5.62. The van der Waals surface area contributed by atoms with Crippen LogP contribution in [0.5, 0.6) is 0 Å². The summed E-state index contributed by atoms with van der Waals surface area (Å²) >= 11 is 1.58. The van der Waals surface area contributed by atoms with E-state index in [0.29, 0.717) is 0 Å². The minimum absolute atomic E-state index is 0.131. The van der Waals surface area contributed by atoms with Crippen molar-refractivity contribution >= 4 is 34.3 Å². The van der Waals surface area contributed by atoms with Gasteiger partial charge in [-0.2, -0.15) is 0 Å². The first-order valence-corrected chi connectivity index (χ1v) is 16.8. The summed E-state index contributed by atoms with van der Waals surface area (Å²) in [7, 11) is 1.72. The second-order valence-corrected chi connectivity index (χ2v) is 20.0. The van der Waals surface area contributed by atoms with E-state index in [-0.39, 0.29) is 6.10 Å². The monoisotopic (exact) mass is 416 g/mol. The first-order valence-electron chi connectivity index (χ1n) is 6.06. The molecular formula is C15H21BrOSn. The van der Waals surface area contributed by atoms with Gasteiger partial charge >= 0.3 is 124 Å². The van der Waals surface area contributed by atoms with Crippen LogP contribution in [0.3, 0.4) is 0 Å². The predicted octanol–water partition coefficient (Wildman–Crippen LogP) is 4.63. The molecule has 0 aliphatic carbocycles. The zero-order chi connectivity index (χ0) is 13.9. The molecule has 0 bridgehead atoms. The molecular weight excluding hydrogens is 395 g/mol. The summed E-state index contributed by atoms with van der Waals surface area (Å²) in [5.41, 5.74) is 3.61. The minimum atomic E-state index is -2.07. The number of aryl methyl sites for hydroxylation is 2. The van der Waals surface area contributed by atoms with E-state index in [1.165, 1.54) is 11.1 Å². The summed E-state index contributed by atoms with van der Waals surface area (Å²) in [5.74, 6) is 3.31. The van der Waals surface area contributed by atoms with E-state index in [4.69, 9.17) is 4.74 Å². The fourth-order valence-corrected chi connectivity index (χ4v) is 3.77. The summed E-state index contributed by atoms with van der Waals surface area (Å²) < 4.78 is 10.1. The summed E-state index contributed by atoms with van der Waals surface area (Å²) in [6, 6.07) is 4.31. The van der Waals surface area contributed by atoms with E-state index in [2.05, 4.69) is 66.6 Å². The molecule has 18 heavy (non-hydrogen) atoms. The number of halogens is 1. The molecule has 1 aromatic rings. The molecule has 1 nitrogen and oxygen atoms in total. The average Bonchev–Trinajstić information content (AvgIpc) is 2.24. The molecule has 1 aromatic carbocycles. The predicted molar refractivity (Wildman–Crippen MR) is 84.5 cm³/mol. The third kappa shape index (κ3) is 4.60. The van der Waals surface area contributed by atoms with Gasteiger partial charge < -0.3 is 0 Å². The van der Waals surface area contributed by atoms with Crippen molar-refractivity contribution < 1.29 is 4.74 Å². The molecule has 0 fully saturated rings. The molecule has 0 amide bonds. The van der Waals surface area contributed by atoms with Gasteiger partial charge in [0.25, 0.3) is 0 Å². The fraction of sp³-hybridized carbons (Fsp3) is 0.467. The molecule has 0 heterocycles. The zero-order valence-electron chi connectivity index (χ0n) is 12.0. The summed E-state index contributed by atoms with van der Waals surface area (Å²) in [6.07, 6.45) is -0.131. The van der Waals surface area contributed by atoms with Gasteiger partial charge in [-0.25, -0.2) is 0 Å². The van der Waals surface area contributed by atoms with E-state index in [1.54, 1.807) is 7.11 Å². The number of methoxy groups -OCH3 is 1. The number of benzene rings is 1. The Bertz CT molecular complexity index is 492. The van der Waals surface area contributed by atoms with Crippen molar-refractivity contribution in [2.24, 2.45) is 0 Å². The molecule has 1 rings (SSSR count). The van der Waals surface area contributed by atoms with Crippen LogP contribution in [-0.4, -0.2) is 25.5 Å². The molecule has 0 spiro atoms. The van der Waals surface area contributed by atoms with Gasteiger partial charge in [0.15, 0.2) is 0 Å². The summed E-state index contributed by atoms with van der Waals surface area (Å²) in [5, 5.41) is 0. The van der Waals surface area contributed by atoms with Crippen molar-refractivity contribution in [1.82, 2.24) is 0 Å². The third-order valence-corrected chi connectivity index (χ3v) is 6.16. The Morgan fingerprint density at radius 1 is 1.22 bits per heavy atom. The molecule has 3 heteroatoms. The van der Waals surface area contributed by atoms with Gasteiger partial charge in [-0.3, -0.25) is 0 Å². The molecule has 1 unspecified atom stereocenters. The van der Waals surface area contributed by atoms with Crippen LogP contribution in [0.1, 0.15) is 22.8 Å². The van der Waals surface area contributed by atoms with Crippen LogP contribution < -0.4 is 0 Å². The van der Waals surface area contributed by atoms with Crippen LogP contribution in [0.15, 0.2) is 16.6 Å². The van der Waals surface area contributed by atoms with Crippen LogP contribution in [0.2, 0.25) is 14.8 Å². The van der Waals surface area contributed by atoms with Gasteiger partial charge in [-0.15, -0.1) is 0 Å². The van der Waals surface area contributed by atoms with E-state index in [0.717, 1.165) is 10.0 Å². The molecule has 0 aliphatic rings. The van der Waals surface area contributed by atoms with Crippen LogP contribution in [0.4, 0.5) is 0 Å². The summed E-state index contributed by atoms with van der Waals surface area (Å²) in [6.45, 7) is 4.20. The van der Waals surface area contributed by atoms with Gasteiger partial charge in [0, 0.05) is 0 Å². The fourth-order valence-electron chi connectivity index (χ4n) is 1.72. The molecule has 0 N–H and O–H groups in total. The molecule has 0 saturated heterocycles. The van der Waals surface area contributed by atoms with Crippen molar-refractivity contribution in [3.8, 4) is 9.86 Å². The van der Waals surface area contributed by atoms with Crippen molar-refractivity contribution in [3.63, 3.8) is 0 Å². The molecule has 1 atom stereocenters. The average molecular weight is 416 g/mol. The van der Waals surface area contributed by atoms with Gasteiger partial charge in [-0.05, 0) is 0 Å². The normalized spacial score (nSPS) is 12.8. The Labute approximate surface area is 123 Å². The molecule has 0 aromatic heterocycles.